The standard InChI is InChI=1S/C18H24N4O/c1-3-14(11-13-7-5-4-6-8-13)18(23)19-12-16-20-21-17(22(16)2)15-9-10-15/h4-8,14-15H,3,9-12H2,1-2H3,(H,19,23). The Morgan fingerprint density at radius 2 is 2.04 bits per heavy atom. The number of rotatable bonds is 7. The molecule has 1 aromatic carbocycles. The minimum atomic E-state index is -0.00599. The monoisotopic (exact) mass is 312 g/mol. The maximum Gasteiger partial charge on any atom is 0.223 e. The van der Waals surface area contributed by atoms with Crippen LogP contribution in [0.4, 0.5) is 0 Å². The molecule has 1 aliphatic rings. The van der Waals surface area contributed by atoms with Gasteiger partial charge in [0, 0.05) is 18.9 Å². The molecule has 0 radical (unpaired) electrons. The third-order valence-electron chi connectivity index (χ3n) is 4.55. The number of nitrogens with zero attached hydrogens (tertiary/aromatic N) is 3. The van der Waals surface area contributed by atoms with Crippen molar-refractivity contribution in [3.05, 3.63) is 47.5 Å². The number of hydrogen-bond donors (Lipinski definition) is 1. The number of aromatic nitrogens is 3. The minimum absolute atomic E-state index is 0.00599. The lowest BCUT2D eigenvalue weighted by atomic mass is 9.96. The van der Waals surface area contributed by atoms with E-state index in [1.807, 2.05) is 29.8 Å². The van der Waals surface area contributed by atoms with Gasteiger partial charge in [-0.15, -0.1) is 10.2 Å². The first kappa shape index (κ1) is 15.7. The molecule has 1 N–H and O–H groups in total. The Kier molecular flexibility index (Phi) is 4.74. The molecule has 1 saturated carbocycles. The van der Waals surface area contributed by atoms with Crippen LogP contribution in [0.5, 0.6) is 0 Å². The average molecular weight is 312 g/mol. The number of hydrogen-bond acceptors (Lipinski definition) is 3. The number of amides is 1. The number of carbonyl (C=O) groups is 1. The molecular weight excluding hydrogens is 288 g/mol. The van der Waals surface area contributed by atoms with Crippen LogP contribution in [0, 0.1) is 5.92 Å². The van der Waals surface area contributed by atoms with Gasteiger partial charge in [-0.3, -0.25) is 4.79 Å². The number of carbonyl (C=O) groups excluding carboxylic acids is 1. The van der Waals surface area contributed by atoms with E-state index in [-0.39, 0.29) is 11.8 Å². The zero-order valence-corrected chi connectivity index (χ0v) is 13.8. The number of nitrogens with one attached hydrogen (secondary N) is 1. The molecule has 5 nitrogen and oxygen atoms in total. The fraction of sp³-hybridized carbons (Fsp3) is 0.500. The van der Waals surface area contributed by atoms with Gasteiger partial charge in [0.15, 0.2) is 5.82 Å². The highest BCUT2D eigenvalue weighted by Crippen LogP contribution is 2.38. The number of benzene rings is 1. The predicted octanol–water partition coefficient (Wildman–Crippen LogP) is 2.58. The van der Waals surface area contributed by atoms with Crippen molar-refractivity contribution < 1.29 is 4.79 Å². The molecule has 1 unspecified atom stereocenters. The molecule has 1 amide bonds. The molecule has 122 valence electrons. The Morgan fingerprint density at radius 3 is 2.70 bits per heavy atom. The van der Waals surface area contributed by atoms with Crippen LogP contribution in [-0.4, -0.2) is 20.7 Å². The fourth-order valence-electron chi connectivity index (χ4n) is 2.86. The van der Waals surface area contributed by atoms with Crippen molar-refractivity contribution >= 4 is 5.91 Å². The summed E-state index contributed by atoms with van der Waals surface area (Å²) in [6.45, 7) is 2.50. The maximum absolute atomic E-state index is 12.4. The third-order valence-corrected chi connectivity index (χ3v) is 4.55. The van der Waals surface area contributed by atoms with E-state index in [2.05, 4.69) is 34.6 Å². The Balaban J connectivity index is 1.57. The predicted molar refractivity (Wildman–Crippen MR) is 88.8 cm³/mol. The van der Waals surface area contributed by atoms with E-state index >= 15 is 0 Å². The van der Waals surface area contributed by atoms with Crippen LogP contribution in [0.3, 0.4) is 0 Å². The van der Waals surface area contributed by atoms with Crippen molar-refractivity contribution in [3.8, 4) is 0 Å². The summed E-state index contributed by atoms with van der Waals surface area (Å²) in [5.74, 6) is 2.53. The molecule has 0 spiro atoms. The van der Waals surface area contributed by atoms with Crippen molar-refractivity contribution in [1.82, 2.24) is 20.1 Å². The lowest BCUT2D eigenvalue weighted by Crippen LogP contribution is -2.32. The quantitative estimate of drug-likeness (QED) is 0.855. The van der Waals surface area contributed by atoms with E-state index in [1.54, 1.807) is 0 Å². The molecule has 0 aliphatic heterocycles. The first-order valence-electron chi connectivity index (χ1n) is 8.38. The van der Waals surface area contributed by atoms with Gasteiger partial charge in [-0.1, -0.05) is 37.3 Å². The van der Waals surface area contributed by atoms with Gasteiger partial charge < -0.3 is 9.88 Å². The van der Waals surface area contributed by atoms with Gasteiger partial charge in [-0.25, -0.2) is 0 Å². The maximum atomic E-state index is 12.4. The highest BCUT2D eigenvalue weighted by Gasteiger charge is 2.29. The molecule has 2 aromatic rings. The van der Waals surface area contributed by atoms with Crippen molar-refractivity contribution in [2.75, 3.05) is 0 Å². The largest absolute Gasteiger partial charge is 0.349 e. The van der Waals surface area contributed by atoms with E-state index in [9.17, 15) is 4.79 Å². The summed E-state index contributed by atoms with van der Waals surface area (Å²) < 4.78 is 2.02. The summed E-state index contributed by atoms with van der Waals surface area (Å²) in [5.41, 5.74) is 1.20. The zero-order valence-electron chi connectivity index (χ0n) is 13.8. The molecular formula is C18H24N4O. The van der Waals surface area contributed by atoms with Gasteiger partial charge >= 0.3 is 0 Å². The normalized spacial score (nSPS) is 15.4. The topological polar surface area (TPSA) is 59.8 Å². The first-order chi connectivity index (χ1) is 11.2. The van der Waals surface area contributed by atoms with Crippen molar-refractivity contribution in [2.45, 2.75) is 45.1 Å². The van der Waals surface area contributed by atoms with Gasteiger partial charge in [0.05, 0.1) is 6.54 Å². The summed E-state index contributed by atoms with van der Waals surface area (Å²) in [6.07, 6.45) is 4.00. The van der Waals surface area contributed by atoms with E-state index in [1.165, 1.54) is 18.4 Å². The molecule has 5 heteroatoms. The van der Waals surface area contributed by atoms with Crippen molar-refractivity contribution in [2.24, 2.45) is 13.0 Å². The molecule has 0 bridgehead atoms. The van der Waals surface area contributed by atoms with Crippen LogP contribution in [0.15, 0.2) is 30.3 Å². The second-order valence-electron chi connectivity index (χ2n) is 6.32. The smallest absolute Gasteiger partial charge is 0.223 e. The van der Waals surface area contributed by atoms with Gasteiger partial charge in [0.25, 0.3) is 0 Å². The molecule has 1 fully saturated rings. The molecule has 1 atom stereocenters. The Bertz CT molecular complexity index is 661. The Morgan fingerprint density at radius 1 is 1.30 bits per heavy atom. The fourth-order valence-corrected chi connectivity index (χ4v) is 2.86. The summed E-state index contributed by atoms with van der Waals surface area (Å²) in [6, 6.07) is 10.2. The highest BCUT2D eigenvalue weighted by molar-refractivity contribution is 5.78. The highest BCUT2D eigenvalue weighted by atomic mass is 16.1. The van der Waals surface area contributed by atoms with Gasteiger partial charge in [-0.2, -0.15) is 0 Å². The Labute approximate surface area is 137 Å². The average Bonchev–Trinajstić information content (AvgIpc) is 3.35. The Hall–Kier alpha value is -2.17. The van der Waals surface area contributed by atoms with Crippen molar-refractivity contribution in [3.63, 3.8) is 0 Å². The van der Waals surface area contributed by atoms with Crippen LogP contribution < -0.4 is 5.32 Å². The van der Waals surface area contributed by atoms with Gasteiger partial charge in [0.1, 0.15) is 5.82 Å². The van der Waals surface area contributed by atoms with Crippen molar-refractivity contribution in [1.29, 1.82) is 0 Å². The second-order valence-corrected chi connectivity index (χ2v) is 6.32. The molecule has 3 rings (SSSR count). The summed E-state index contributed by atoms with van der Waals surface area (Å²) in [4.78, 5) is 12.4. The van der Waals surface area contributed by atoms with Gasteiger partial charge in [-0.05, 0) is 31.2 Å². The third kappa shape index (κ3) is 3.78. The zero-order chi connectivity index (χ0) is 16.2. The van der Waals surface area contributed by atoms with Crippen LogP contribution in [0.25, 0.3) is 0 Å². The minimum Gasteiger partial charge on any atom is -0.349 e. The SMILES string of the molecule is CCC(Cc1ccccc1)C(=O)NCc1nnc(C2CC2)n1C. The van der Waals surface area contributed by atoms with Crippen LogP contribution in [0.2, 0.25) is 0 Å². The van der Waals surface area contributed by atoms with Crippen LogP contribution in [0.1, 0.15) is 49.3 Å². The van der Waals surface area contributed by atoms with E-state index in [4.69, 9.17) is 0 Å². The lowest BCUT2D eigenvalue weighted by molar-refractivity contribution is -0.125. The van der Waals surface area contributed by atoms with Crippen LogP contribution in [-0.2, 0) is 24.8 Å². The van der Waals surface area contributed by atoms with Crippen LogP contribution >= 0.6 is 0 Å². The summed E-state index contributed by atoms with van der Waals surface area (Å²) >= 11 is 0. The second kappa shape index (κ2) is 6.94. The van der Waals surface area contributed by atoms with E-state index < -0.39 is 0 Å². The molecule has 1 heterocycles. The lowest BCUT2D eigenvalue weighted by Gasteiger charge is -2.15. The summed E-state index contributed by atoms with van der Waals surface area (Å²) in [7, 11) is 1.98. The summed E-state index contributed by atoms with van der Waals surface area (Å²) in [5, 5.41) is 11.5. The van der Waals surface area contributed by atoms with E-state index in [0.717, 1.165) is 24.5 Å². The van der Waals surface area contributed by atoms with E-state index in [0.29, 0.717) is 12.5 Å². The van der Waals surface area contributed by atoms with Gasteiger partial charge in [0.2, 0.25) is 5.91 Å². The first-order valence-corrected chi connectivity index (χ1v) is 8.38. The molecule has 0 saturated heterocycles. The molecule has 1 aliphatic carbocycles. The molecule has 1 aromatic heterocycles. The molecule has 23 heavy (non-hydrogen) atoms.